The van der Waals surface area contributed by atoms with E-state index in [0.29, 0.717) is 24.6 Å². The van der Waals surface area contributed by atoms with Crippen LogP contribution in [0.5, 0.6) is 11.5 Å². The van der Waals surface area contributed by atoms with Gasteiger partial charge in [0, 0.05) is 32.7 Å². The molecular formula is C30H39NO6. The van der Waals surface area contributed by atoms with Gasteiger partial charge in [-0.3, -0.25) is 4.79 Å². The largest absolute Gasteiger partial charge is 0.426 e. The van der Waals surface area contributed by atoms with Crippen LogP contribution in [0, 0.1) is 5.92 Å². The Hall–Kier alpha value is -2.90. The van der Waals surface area contributed by atoms with Crippen molar-refractivity contribution in [2.75, 3.05) is 27.3 Å². The second-order valence-electron chi connectivity index (χ2n) is 10.6. The third-order valence-electron chi connectivity index (χ3n) is 7.95. The van der Waals surface area contributed by atoms with Gasteiger partial charge in [0.1, 0.15) is 11.5 Å². The summed E-state index contributed by atoms with van der Waals surface area (Å²) >= 11 is 0. The summed E-state index contributed by atoms with van der Waals surface area (Å²) in [6.07, 6.45) is 5.21. The number of likely N-dealkylation sites (tertiary alicyclic amines) is 1. The Kier molecular flexibility index (Phi) is 8.87. The van der Waals surface area contributed by atoms with Crippen molar-refractivity contribution in [1.82, 2.24) is 4.90 Å². The minimum atomic E-state index is -0.321. The van der Waals surface area contributed by atoms with Crippen LogP contribution in [0.1, 0.15) is 63.5 Å². The number of ether oxygens (including phenoxy) is 4. The molecule has 1 aliphatic carbocycles. The first kappa shape index (κ1) is 27.1. The third kappa shape index (κ3) is 6.70. The average Bonchev–Trinajstić information content (AvgIpc) is 2.93. The molecule has 1 aliphatic heterocycles. The van der Waals surface area contributed by atoms with Crippen LogP contribution in [-0.2, 0) is 19.7 Å². The van der Waals surface area contributed by atoms with Crippen molar-refractivity contribution in [3.05, 3.63) is 59.7 Å². The number of carbonyl (C=O) groups is 2. The molecule has 1 saturated heterocycles. The van der Waals surface area contributed by atoms with Gasteiger partial charge in [0.25, 0.3) is 0 Å². The van der Waals surface area contributed by atoms with Crippen LogP contribution in [0.15, 0.2) is 48.5 Å². The van der Waals surface area contributed by atoms with Gasteiger partial charge in [-0.1, -0.05) is 38.1 Å². The Labute approximate surface area is 220 Å². The number of hydrogen-bond acceptors (Lipinski definition) is 6. The summed E-state index contributed by atoms with van der Waals surface area (Å²) in [5.74, 6) is 0.873. The number of carbonyl (C=O) groups excluding carboxylic acids is 2. The lowest BCUT2D eigenvalue weighted by atomic mass is 9.78. The highest BCUT2D eigenvalue weighted by Gasteiger charge is 2.29. The topological polar surface area (TPSA) is 74.3 Å². The normalized spacial score (nSPS) is 20.9. The standard InChI is InChI=1S/C30H39NO6/c1-30(2,22-7-13-26(14-8-22)36-28(32)21-5-11-24(34-3)12-6-21)23-9-15-27(16-10-23)37-29(33)31-19-17-25(35-4)18-20-31/h7-10,13-16,21,24-25H,5-6,11-12,17-20H2,1-4H3. The van der Waals surface area contributed by atoms with E-state index in [9.17, 15) is 9.59 Å². The van der Waals surface area contributed by atoms with Crippen molar-refractivity contribution < 1.29 is 28.5 Å². The molecule has 0 spiro atoms. The molecule has 2 fully saturated rings. The summed E-state index contributed by atoms with van der Waals surface area (Å²) < 4.78 is 22.0. The van der Waals surface area contributed by atoms with E-state index >= 15 is 0 Å². The summed E-state index contributed by atoms with van der Waals surface area (Å²) in [7, 11) is 3.43. The van der Waals surface area contributed by atoms with E-state index in [2.05, 4.69) is 13.8 Å². The van der Waals surface area contributed by atoms with Gasteiger partial charge in [-0.05, 0) is 73.9 Å². The smallest absolute Gasteiger partial charge is 0.415 e. The lowest BCUT2D eigenvalue weighted by Gasteiger charge is -2.30. The van der Waals surface area contributed by atoms with Gasteiger partial charge >= 0.3 is 12.1 Å². The van der Waals surface area contributed by atoms with E-state index in [1.807, 2.05) is 48.5 Å². The highest BCUT2D eigenvalue weighted by Crippen LogP contribution is 2.34. The number of rotatable bonds is 7. The maximum atomic E-state index is 12.6. The SMILES string of the molecule is COC1CCC(C(=O)Oc2ccc(C(C)(C)c3ccc(OC(=O)N4CCC(OC)CC4)cc3)cc2)CC1. The van der Waals surface area contributed by atoms with Crippen molar-refractivity contribution in [3.8, 4) is 11.5 Å². The molecule has 7 heteroatoms. The van der Waals surface area contributed by atoms with Crippen LogP contribution in [0.3, 0.4) is 0 Å². The zero-order valence-corrected chi connectivity index (χ0v) is 22.4. The Morgan fingerprint density at radius 2 is 1.16 bits per heavy atom. The molecule has 0 N–H and O–H groups in total. The second-order valence-corrected chi connectivity index (χ2v) is 10.6. The third-order valence-corrected chi connectivity index (χ3v) is 7.95. The monoisotopic (exact) mass is 509 g/mol. The van der Waals surface area contributed by atoms with Crippen molar-refractivity contribution in [1.29, 1.82) is 0 Å². The Morgan fingerprint density at radius 3 is 1.65 bits per heavy atom. The second kappa shape index (κ2) is 12.1. The van der Waals surface area contributed by atoms with E-state index in [0.717, 1.165) is 49.7 Å². The Bertz CT molecular complexity index is 949. The average molecular weight is 510 g/mol. The lowest BCUT2D eigenvalue weighted by molar-refractivity contribution is -0.140. The van der Waals surface area contributed by atoms with Gasteiger partial charge in [-0.2, -0.15) is 0 Å². The van der Waals surface area contributed by atoms with Crippen LogP contribution in [0.25, 0.3) is 0 Å². The van der Waals surface area contributed by atoms with Crippen molar-refractivity contribution in [2.24, 2.45) is 5.92 Å². The molecule has 0 unspecified atom stereocenters. The van der Waals surface area contributed by atoms with Gasteiger partial charge in [0.05, 0.1) is 18.1 Å². The summed E-state index contributed by atoms with van der Waals surface area (Å²) in [6.45, 7) is 5.57. The predicted octanol–water partition coefficient (Wildman–Crippen LogP) is 5.73. The summed E-state index contributed by atoms with van der Waals surface area (Å²) in [6, 6.07) is 15.4. The fraction of sp³-hybridized carbons (Fsp3) is 0.533. The van der Waals surface area contributed by atoms with Crippen LogP contribution >= 0.6 is 0 Å². The Balaban J connectivity index is 1.32. The molecule has 7 nitrogen and oxygen atoms in total. The van der Waals surface area contributed by atoms with E-state index < -0.39 is 0 Å². The maximum absolute atomic E-state index is 12.6. The molecule has 2 aromatic carbocycles. The highest BCUT2D eigenvalue weighted by atomic mass is 16.6. The highest BCUT2D eigenvalue weighted by molar-refractivity contribution is 5.75. The first-order chi connectivity index (χ1) is 17.8. The molecule has 1 saturated carbocycles. The van der Waals surface area contributed by atoms with Crippen molar-refractivity contribution >= 4 is 12.1 Å². The van der Waals surface area contributed by atoms with Gasteiger partial charge in [0.2, 0.25) is 0 Å². The number of amides is 1. The molecule has 4 rings (SSSR count). The number of hydrogen-bond donors (Lipinski definition) is 0. The molecule has 200 valence electrons. The molecule has 2 aliphatic rings. The zero-order chi connectivity index (χ0) is 26.4. The zero-order valence-electron chi connectivity index (χ0n) is 22.4. The van der Waals surface area contributed by atoms with Crippen LogP contribution < -0.4 is 9.47 Å². The molecule has 0 bridgehead atoms. The number of nitrogens with zero attached hydrogens (tertiary/aromatic N) is 1. The fourth-order valence-electron chi connectivity index (χ4n) is 5.22. The lowest BCUT2D eigenvalue weighted by Crippen LogP contribution is -2.42. The number of piperidine rings is 1. The summed E-state index contributed by atoms with van der Waals surface area (Å²) in [5, 5.41) is 0. The van der Waals surface area contributed by atoms with Crippen LogP contribution in [-0.4, -0.2) is 56.5 Å². The number of methoxy groups -OCH3 is 2. The summed E-state index contributed by atoms with van der Waals surface area (Å²) in [4.78, 5) is 26.8. The number of esters is 1. The molecule has 2 aromatic rings. The molecule has 1 amide bonds. The van der Waals surface area contributed by atoms with Gasteiger partial charge < -0.3 is 23.8 Å². The van der Waals surface area contributed by atoms with Crippen LogP contribution in [0.4, 0.5) is 4.79 Å². The maximum Gasteiger partial charge on any atom is 0.415 e. The fourth-order valence-corrected chi connectivity index (χ4v) is 5.22. The Morgan fingerprint density at radius 1 is 0.703 bits per heavy atom. The van der Waals surface area contributed by atoms with Gasteiger partial charge in [0.15, 0.2) is 0 Å². The first-order valence-electron chi connectivity index (χ1n) is 13.2. The van der Waals surface area contributed by atoms with E-state index in [1.54, 1.807) is 19.1 Å². The van der Waals surface area contributed by atoms with E-state index in [1.165, 1.54) is 0 Å². The summed E-state index contributed by atoms with van der Waals surface area (Å²) in [5.41, 5.74) is 1.90. The molecule has 1 heterocycles. The molecule has 0 radical (unpaired) electrons. The van der Waals surface area contributed by atoms with E-state index in [-0.39, 0.29) is 35.6 Å². The molecular weight excluding hydrogens is 470 g/mol. The molecule has 37 heavy (non-hydrogen) atoms. The molecule has 0 aromatic heterocycles. The van der Waals surface area contributed by atoms with Gasteiger partial charge in [-0.15, -0.1) is 0 Å². The van der Waals surface area contributed by atoms with Crippen molar-refractivity contribution in [3.63, 3.8) is 0 Å². The predicted molar refractivity (Wildman–Crippen MR) is 141 cm³/mol. The minimum absolute atomic E-state index is 0.0627. The minimum Gasteiger partial charge on any atom is -0.426 e. The van der Waals surface area contributed by atoms with Crippen LogP contribution in [0.2, 0.25) is 0 Å². The first-order valence-corrected chi connectivity index (χ1v) is 13.2. The molecule has 0 atom stereocenters. The van der Waals surface area contributed by atoms with Gasteiger partial charge in [-0.25, -0.2) is 4.79 Å². The van der Waals surface area contributed by atoms with E-state index in [4.69, 9.17) is 18.9 Å². The number of benzene rings is 2. The quantitative estimate of drug-likeness (QED) is 0.350. The van der Waals surface area contributed by atoms with Crippen molar-refractivity contribution in [2.45, 2.75) is 70.0 Å².